The summed E-state index contributed by atoms with van der Waals surface area (Å²) in [5.74, 6) is 3.11. The van der Waals surface area contributed by atoms with Gasteiger partial charge in [0.1, 0.15) is 6.61 Å². The summed E-state index contributed by atoms with van der Waals surface area (Å²) in [5, 5.41) is 20.5. The number of unbranched alkanes of at least 4 members (excludes halogenated alkanes) is 3. The Morgan fingerprint density at radius 2 is 1.12 bits per heavy atom. The van der Waals surface area contributed by atoms with Crippen LogP contribution in [0.5, 0.6) is 0 Å². The molecule has 0 amide bonds. The molecule has 0 saturated carbocycles. The summed E-state index contributed by atoms with van der Waals surface area (Å²) in [6, 6.07) is 8.88. The van der Waals surface area contributed by atoms with E-state index in [4.69, 9.17) is 46.1 Å². The second-order valence-corrected chi connectivity index (χ2v) is 22.7. The Hall–Kier alpha value is -1.45. The Balaban J connectivity index is 0.000000292. The fourth-order valence-electron chi connectivity index (χ4n) is 3.98. The molecule has 4 aromatic rings. The van der Waals surface area contributed by atoms with E-state index in [0.717, 1.165) is 71.0 Å². The van der Waals surface area contributed by atoms with Gasteiger partial charge in [0.05, 0.1) is 17.4 Å². The van der Waals surface area contributed by atoms with Crippen molar-refractivity contribution in [2.75, 3.05) is 24.7 Å². The van der Waals surface area contributed by atoms with Gasteiger partial charge in [0.25, 0.3) is 0 Å². The third kappa shape index (κ3) is 20.5. The first kappa shape index (κ1) is 50.7. The van der Waals surface area contributed by atoms with Crippen molar-refractivity contribution in [3.05, 3.63) is 47.3 Å². The highest BCUT2D eigenvalue weighted by Crippen LogP contribution is 2.27. The summed E-state index contributed by atoms with van der Waals surface area (Å²) in [7, 11) is 0. The first-order chi connectivity index (χ1) is 26.6. The fraction of sp³-hybridized carbons (Fsp3) is 0.622. The number of hydrogen-bond acceptors (Lipinski definition) is 16. The SMILES string of the molecule is CCC(C)(C)C(=O)OCCCCCCSc1n[nH]c(=S)s1.CCC(C)(C)C(=O)OCCSc1n[nH]c(=S)s1.CCC(C)c1ccc(CSc2n[nH]c(=S)s2)cc1. The number of aromatic amines is 3. The zero-order chi connectivity index (χ0) is 41.6. The van der Waals surface area contributed by atoms with Gasteiger partial charge in [0, 0.05) is 17.3 Å². The van der Waals surface area contributed by atoms with Gasteiger partial charge in [-0.25, -0.2) is 0 Å². The van der Waals surface area contributed by atoms with Crippen molar-refractivity contribution in [1.82, 2.24) is 30.6 Å². The monoisotopic (exact) mass is 936 g/mol. The topological polar surface area (TPSA) is 139 Å². The number of thioether (sulfide) groups is 3. The van der Waals surface area contributed by atoms with Crippen LogP contribution in [0.1, 0.15) is 117 Å². The lowest BCUT2D eigenvalue weighted by molar-refractivity contribution is -0.154. The number of esters is 2. The molecule has 3 heterocycles. The van der Waals surface area contributed by atoms with Gasteiger partial charge < -0.3 is 9.47 Å². The highest BCUT2D eigenvalue weighted by atomic mass is 32.2. The molecule has 0 aliphatic rings. The molecule has 0 spiro atoms. The minimum Gasteiger partial charge on any atom is -0.465 e. The van der Waals surface area contributed by atoms with Gasteiger partial charge >= 0.3 is 11.9 Å². The second-order valence-electron chi connectivity index (χ2n) is 13.8. The summed E-state index contributed by atoms with van der Waals surface area (Å²) in [6.07, 6.45) is 7.10. The molecule has 312 valence electrons. The molecular formula is C37H56N6O4S9. The number of carbonyl (C=O) groups is 2. The number of aromatic nitrogens is 6. The summed E-state index contributed by atoms with van der Waals surface area (Å²) in [5.41, 5.74) is 1.99. The first-order valence-corrected chi connectivity index (χ1v) is 25.2. The Labute approximate surface area is 372 Å². The quantitative estimate of drug-likeness (QED) is 0.0316. The molecule has 0 saturated heterocycles. The first-order valence-electron chi connectivity index (χ1n) is 18.6. The number of ether oxygens (including phenoxy) is 2. The van der Waals surface area contributed by atoms with Crippen LogP contribution in [0.3, 0.4) is 0 Å². The number of nitrogens with one attached hydrogen (secondary N) is 3. The molecule has 1 atom stereocenters. The number of hydrogen-bond donors (Lipinski definition) is 3. The van der Waals surface area contributed by atoms with Gasteiger partial charge in [-0.05, 0) is 113 Å². The van der Waals surface area contributed by atoms with E-state index in [9.17, 15) is 9.59 Å². The van der Waals surface area contributed by atoms with Crippen molar-refractivity contribution in [3.8, 4) is 0 Å². The Morgan fingerprint density at radius 1 is 0.679 bits per heavy atom. The van der Waals surface area contributed by atoms with E-state index in [1.54, 1.807) is 23.5 Å². The predicted octanol–water partition coefficient (Wildman–Crippen LogP) is 13.1. The Morgan fingerprint density at radius 3 is 1.57 bits per heavy atom. The van der Waals surface area contributed by atoms with Crippen LogP contribution in [-0.4, -0.2) is 67.3 Å². The summed E-state index contributed by atoms with van der Waals surface area (Å²) in [6.45, 7) is 17.0. The molecule has 10 nitrogen and oxygen atoms in total. The van der Waals surface area contributed by atoms with Gasteiger partial charge in [-0.3, -0.25) is 24.9 Å². The summed E-state index contributed by atoms with van der Waals surface area (Å²) >= 11 is 24.4. The normalized spacial score (nSPS) is 11.9. The lowest BCUT2D eigenvalue weighted by atomic mass is 9.91. The molecule has 19 heteroatoms. The fourth-order valence-corrected chi connectivity index (χ4v) is 10.1. The Bertz CT molecular complexity index is 1880. The molecule has 56 heavy (non-hydrogen) atoms. The minimum absolute atomic E-state index is 0.0831. The zero-order valence-electron chi connectivity index (χ0n) is 33.5. The third-order valence-electron chi connectivity index (χ3n) is 8.69. The van der Waals surface area contributed by atoms with Crippen molar-refractivity contribution in [2.24, 2.45) is 10.8 Å². The molecule has 1 unspecified atom stereocenters. The van der Waals surface area contributed by atoms with Crippen LogP contribution >= 0.6 is 106 Å². The highest BCUT2D eigenvalue weighted by molar-refractivity contribution is 8.01. The standard InChI is InChI=1S/C14H24N2O2S3.C13H16N2S3.C10H16N2O2S3/c1-4-14(2,3)11(17)18-9-7-5-6-8-10-20-13-16-15-12(19)21-13;1-3-9(2)11-6-4-10(5-7-11)8-17-13-15-14-12(16)18-13;1-4-10(2,3)7(13)14-5-6-16-9-12-11-8(15)17-9/h4-10H2,1-3H3,(H,15,19);4-7,9H,3,8H2,1-2H3,(H,14,16);4-6H2,1-3H3,(H,11,15). The maximum absolute atomic E-state index is 11.7. The van der Waals surface area contributed by atoms with E-state index < -0.39 is 5.41 Å². The van der Waals surface area contributed by atoms with Crippen LogP contribution in [0, 0.1) is 22.7 Å². The van der Waals surface area contributed by atoms with Crippen LogP contribution in [0.2, 0.25) is 0 Å². The number of carbonyl (C=O) groups excluding carboxylic acids is 2. The lowest BCUT2D eigenvalue weighted by Gasteiger charge is -2.20. The molecule has 1 aromatic carbocycles. The average Bonchev–Trinajstić information content (AvgIpc) is 3.94. The van der Waals surface area contributed by atoms with Crippen LogP contribution in [0.4, 0.5) is 0 Å². The van der Waals surface area contributed by atoms with E-state index >= 15 is 0 Å². The number of rotatable bonds is 21. The van der Waals surface area contributed by atoms with Crippen LogP contribution in [-0.2, 0) is 24.8 Å². The van der Waals surface area contributed by atoms with Gasteiger partial charge in [-0.15, -0.1) is 0 Å². The maximum Gasteiger partial charge on any atom is 0.311 e. The van der Waals surface area contributed by atoms with Crippen molar-refractivity contribution >= 4 is 118 Å². The summed E-state index contributed by atoms with van der Waals surface area (Å²) in [4.78, 5) is 23.4. The van der Waals surface area contributed by atoms with Crippen LogP contribution < -0.4 is 0 Å². The van der Waals surface area contributed by atoms with Crippen molar-refractivity contribution in [1.29, 1.82) is 0 Å². The number of nitrogens with zero attached hydrogens (tertiary/aromatic N) is 3. The van der Waals surface area contributed by atoms with Gasteiger partial charge in [0.15, 0.2) is 24.9 Å². The Kier molecular flexibility index (Phi) is 24.7. The maximum atomic E-state index is 11.7. The molecule has 0 aliphatic carbocycles. The van der Waals surface area contributed by atoms with Crippen molar-refractivity contribution < 1.29 is 19.1 Å². The number of H-pyrrole nitrogens is 3. The van der Waals surface area contributed by atoms with E-state index in [0.29, 0.717) is 28.8 Å². The molecule has 4 rings (SSSR count). The van der Waals surface area contributed by atoms with E-state index in [1.807, 2.05) is 41.5 Å². The van der Waals surface area contributed by atoms with Gasteiger partial charge in [0.2, 0.25) is 0 Å². The smallest absolute Gasteiger partial charge is 0.311 e. The van der Waals surface area contributed by atoms with E-state index in [2.05, 4.69) is 68.7 Å². The third-order valence-corrected chi connectivity index (χ3v) is 15.5. The largest absolute Gasteiger partial charge is 0.465 e. The van der Waals surface area contributed by atoms with Crippen LogP contribution in [0.15, 0.2) is 37.3 Å². The lowest BCUT2D eigenvalue weighted by Crippen LogP contribution is -2.26. The molecule has 0 fully saturated rings. The average molecular weight is 937 g/mol. The molecular weight excluding hydrogens is 881 g/mol. The molecule has 3 N–H and O–H groups in total. The van der Waals surface area contributed by atoms with E-state index in [-0.39, 0.29) is 17.4 Å². The molecule has 0 aliphatic heterocycles. The predicted molar refractivity (Wildman–Crippen MR) is 247 cm³/mol. The minimum atomic E-state index is -0.395. The highest BCUT2D eigenvalue weighted by Gasteiger charge is 2.27. The molecule has 3 aromatic heterocycles. The van der Waals surface area contributed by atoms with Crippen LogP contribution in [0.25, 0.3) is 0 Å². The van der Waals surface area contributed by atoms with Crippen molar-refractivity contribution in [3.63, 3.8) is 0 Å². The van der Waals surface area contributed by atoms with Gasteiger partial charge in [-0.1, -0.05) is 134 Å². The van der Waals surface area contributed by atoms with Crippen molar-refractivity contribution in [2.45, 2.75) is 125 Å². The van der Waals surface area contributed by atoms with Gasteiger partial charge in [-0.2, -0.15) is 15.3 Å². The summed E-state index contributed by atoms with van der Waals surface area (Å²) < 4.78 is 15.5. The van der Waals surface area contributed by atoms with E-state index in [1.165, 1.54) is 63.3 Å². The zero-order valence-corrected chi connectivity index (χ0v) is 40.9. The molecule has 0 radical (unpaired) electrons. The molecule has 0 bridgehead atoms. The second kappa shape index (κ2) is 27.3. The number of benzene rings is 1.